The molecule has 0 radical (unpaired) electrons. The van der Waals surface area contributed by atoms with E-state index in [2.05, 4.69) is 0 Å². The maximum absolute atomic E-state index is 10.4. The Morgan fingerprint density at radius 2 is 1.87 bits per heavy atom. The van der Waals surface area contributed by atoms with Crippen molar-refractivity contribution in [1.29, 1.82) is 0 Å². The predicted octanol–water partition coefficient (Wildman–Crippen LogP) is 3.01. The molecule has 0 aromatic heterocycles. The SMILES string of the molecule is O=[P+](O)OCc1cccc2ccccc12. The topological polar surface area (TPSA) is 46.5 Å². The Hall–Kier alpha value is -1.28. The van der Waals surface area contributed by atoms with Crippen molar-refractivity contribution in [1.82, 2.24) is 0 Å². The van der Waals surface area contributed by atoms with Crippen LogP contribution in [-0.4, -0.2) is 4.89 Å². The second-order valence-corrected chi connectivity index (χ2v) is 3.88. The molecule has 1 atom stereocenters. The maximum atomic E-state index is 10.4. The summed E-state index contributed by atoms with van der Waals surface area (Å²) in [7, 11) is -2.53. The molecular formula is C11H10O3P+. The molecule has 4 heteroatoms. The summed E-state index contributed by atoms with van der Waals surface area (Å²) in [5.41, 5.74) is 0.922. The Morgan fingerprint density at radius 3 is 2.67 bits per heavy atom. The molecule has 0 spiro atoms. The smallest absolute Gasteiger partial charge is 0.133 e. The molecule has 1 unspecified atom stereocenters. The van der Waals surface area contributed by atoms with Crippen LogP contribution in [0.25, 0.3) is 10.8 Å². The van der Waals surface area contributed by atoms with E-state index in [-0.39, 0.29) is 6.61 Å². The average molecular weight is 221 g/mol. The van der Waals surface area contributed by atoms with Crippen LogP contribution in [0.4, 0.5) is 0 Å². The molecule has 0 saturated heterocycles. The van der Waals surface area contributed by atoms with Gasteiger partial charge < -0.3 is 0 Å². The minimum Gasteiger partial charge on any atom is -0.133 e. The Balaban J connectivity index is 2.38. The van der Waals surface area contributed by atoms with Crippen LogP contribution in [0, 0.1) is 0 Å². The number of rotatable bonds is 3. The van der Waals surface area contributed by atoms with Crippen LogP contribution in [0.15, 0.2) is 42.5 Å². The van der Waals surface area contributed by atoms with Crippen molar-refractivity contribution in [3.8, 4) is 0 Å². The van der Waals surface area contributed by atoms with Crippen molar-refractivity contribution < 1.29 is 14.0 Å². The standard InChI is InChI=1S/C11H9O3P/c12-15(13)14-8-10-6-3-5-9-4-1-2-7-11(9)10/h1-7H,8H2/p+1. The minimum atomic E-state index is -2.53. The van der Waals surface area contributed by atoms with Crippen LogP contribution in [0.2, 0.25) is 0 Å². The van der Waals surface area contributed by atoms with Crippen molar-refractivity contribution in [3.63, 3.8) is 0 Å². The van der Waals surface area contributed by atoms with E-state index in [1.165, 1.54) is 0 Å². The van der Waals surface area contributed by atoms with Crippen molar-refractivity contribution in [2.45, 2.75) is 6.61 Å². The highest BCUT2D eigenvalue weighted by molar-refractivity contribution is 7.32. The Labute approximate surface area is 88.3 Å². The average Bonchev–Trinajstić information content (AvgIpc) is 2.26. The second-order valence-electron chi connectivity index (χ2n) is 3.15. The molecule has 0 fully saturated rings. The lowest BCUT2D eigenvalue weighted by Crippen LogP contribution is -1.87. The van der Waals surface area contributed by atoms with Gasteiger partial charge in [-0.15, -0.1) is 9.42 Å². The molecule has 1 N–H and O–H groups in total. The van der Waals surface area contributed by atoms with Gasteiger partial charge in [0.1, 0.15) is 6.61 Å². The van der Waals surface area contributed by atoms with E-state index in [4.69, 9.17) is 9.42 Å². The maximum Gasteiger partial charge on any atom is 0.695 e. The van der Waals surface area contributed by atoms with E-state index in [0.29, 0.717) is 0 Å². The third kappa shape index (κ3) is 2.39. The minimum absolute atomic E-state index is 0.160. The Bertz CT molecular complexity index is 491. The van der Waals surface area contributed by atoms with Crippen LogP contribution in [0.1, 0.15) is 5.56 Å². The highest BCUT2D eigenvalue weighted by atomic mass is 31.1. The van der Waals surface area contributed by atoms with E-state index in [0.717, 1.165) is 16.3 Å². The summed E-state index contributed by atoms with van der Waals surface area (Å²) < 4.78 is 15.1. The first-order chi connectivity index (χ1) is 7.27. The summed E-state index contributed by atoms with van der Waals surface area (Å²) >= 11 is 0. The summed E-state index contributed by atoms with van der Waals surface area (Å²) in [5, 5.41) is 2.16. The van der Waals surface area contributed by atoms with Gasteiger partial charge in [-0.05, 0) is 16.3 Å². The molecule has 15 heavy (non-hydrogen) atoms. The van der Waals surface area contributed by atoms with Crippen molar-refractivity contribution >= 4 is 19.0 Å². The lowest BCUT2D eigenvalue weighted by Gasteiger charge is -2.01. The highest BCUT2D eigenvalue weighted by Gasteiger charge is 2.12. The first-order valence-electron chi connectivity index (χ1n) is 4.53. The molecule has 0 bridgehead atoms. The van der Waals surface area contributed by atoms with Gasteiger partial charge >= 0.3 is 8.25 Å². The largest absolute Gasteiger partial charge is 0.695 e. The zero-order valence-electron chi connectivity index (χ0n) is 7.96. The van der Waals surface area contributed by atoms with Gasteiger partial charge in [0, 0.05) is 4.57 Å². The normalized spacial score (nSPS) is 11.7. The van der Waals surface area contributed by atoms with Crippen molar-refractivity contribution in [3.05, 3.63) is 48.0 Å². The lowest BCUT2D eigenvalue weighted by molar-refractivity contribution is 0.273. The number of fused-ring (bicyclic) bond motifs is 1. The fourth-order valence-corrected chi connectivity index (χ4v) is 1.79. The van der Waals surface area contributed by atoms with E-state index in [9.17, 15) is 4.57 Å². The molecule has 0 amide bonds. The van der Waals surface area contributed by atoms with Gasteiger partial charge in [-0.1, -0.05) is 42.5 Å². The summed E-state index contributed by atoms with van der Waals surface area (Å²) in [5.74, 6) is 0. The zero-order valence-corrected chi connectivity index (χ0v) is 8.85. The molecule has 2 aromatic carbocycles. The fraction of sp³-hybridized carbons (Fsp3) is 0.0909. The number of hydrogen-bond donors (Lipinski definition) is 1. The number of hydrogen-bond acceptors (Lipinski definition) is 2. The monoisotopic (exact) mass is 221 g/mol. The third-order valence-electron chi connectivity index (χ3n) is 2.21. The third-order valence-corrected chi connectivity index (χ3v) is 2.56. The fourth-order valence-electron chi connectivity index (χ4n) is 1.54. The van der Waals surface area contributed by atoms with Gasteiger partial charge in [-0.2, -0.15) is 0 Å². The van der Waals surface area contributed by atoms with E-state index < -0.39 is 8.25 Å². The van der Waals surface area contributed by atoms with Crippen molar-refractivity contribution in [2.24, 2.45) is 0 Å². The molecule has 0 aliphatic rings. The Morgan fingerprint density at radius 1 is 1.13 bits per heavy atom. The predicted molar refractivity (Wildman–Crippen MR) is 58.6 cm³/mol. The van der Waals surface area contributed by atoms with E-state index >= 15 is 0 Å². The molecule has 2 rings (SSSR count). The quantitative estimate of drug-likeness (QED) is 0.810. The summed E-state index contributed by atoms with van der Waals surface area (Å²) in [6.07, 6.45) is 0. The van der Waals surface area contributed by atoms with Crippen LogP contribution in [0.3, 0.4) is 0 Å². The molecule has 76 valence electrons. The summed E-state index contributed by atoms with van der Waals surface area (Å²) in [4.78, 5) is 8.57. The molecule has 0 heterocycles. The van der Waals surface area contributed by atoms with Gasteiger partial charge in [-0.25, -0.2) is 0 Å². The zero-order chi connectivity index (χ0) is 10.7. The number of benzene rings is 2. The van der Waals surface area contributed by atoms with E-state index in [1.54, 1.807) is 0 Å². The van der Waals surface area contributed by atoms with Gasteiger partial charge in [0.05, 0.1) is 0 Å². The lowest BCUT2D eigenvalue weighted by atomic mass is 10.1. The van der Waals surface area contributed by atoms with Crippen LogP contribution in [-0.2, 0) is 15.7 Å². The summed E-state index contributed by atoms with van der Waals surface area (Å²) in [6.45, 7) is 0.160. The molecule has 2 aromatic rings. The molecule has 0 aliphatic carbocycles. The molecule has 0 aliphatic heterocycles. The highest BCUT2D eigenvalue weighted by Crippen LogP contribution is 2.23. The summed E-state index contributed by atoms with van der Waals surface area (Å²) in [6, 6.07) is 13.7. The van der Waals surface area contributed by atoms with Gasteiger partial charge in [0.2, 0.25) is 0 Å². The van der Waals surface area contributed by atoms with E-state index in [1.807, 2.05) is 42.5 Å². The van der Waals surface area contributed by atoms with Crippen LogP contribution >= 0.6 is 8.25 Å². The first kappa shape index (κ1) is 10.2. The van der Waals surface area contributed by atoms with Gasteiger partial charge in [-0.3, -0.25) is 0 Å². The van der Waals surface area contributed by atoms with Crippen molar-refractivity contribution in [2.75, 3.05) is 0 Å². The van der Waals surface area contributed by atoms with Gasteiger partial charge in [0.25, 0.3) is 0 Å². The first-order valence-corrected chi connectivity index (χ1v) is 5.66. The molecule has 3 nitrogen and oxygen atoms in total. The Kier molecular flexibility index (Phi) is 3.07. The second kappa shape index (κ2) is 4.49. The van der Waals surface area contributed by atoms with Gasteiger partial charge in [0.15, 0.2) is 0 Å². The molecule has 0 saturated carbocycles. The van der Waals surface area contributed by atoms with Crippen LogP contribution < -0.4 is 0 Å². The van der Waals surface area contributed by atoms with Crippen LogP contribution in [0.5, 0.6) is 0 Å². The molecular weight excluding hydrogens is 211 g/mol.